The van der Waals surface area contributed by atoms with Gasteiger partial charge in [0.1, 0.15) is 11.0 Å². The molecule has 7 heteroatoms. The second-order valence-electron chi connectivity index (χ2n) is 6.42. The Morgan fingerprint density at radius 3 is 2.41 bits per heavy atom. The van der Waals surface area contributed by atoms with Gasteiger partial charge in [0.25, 0.3) is 0 Å². The minimum Gasteiger partial charge on any atom is -0.332 e. The molecule has 0 saturated heterocycles. The summed E-state index contributed by atoms with van der Waals surface area (Å²) in [5.74, 6) is -0.0878. The van der Waals surface area contributed by atoms with Crippen LogP contribution in [0.3, 0.4) is 0 Å². The van der Waals surface area contributed by atoms with E-state index in [0.29, 0.717) is 11.5 Å². The molecule has 0 aliphatic rings. The molecule has 0 atom stereocenters. The van der Waals surface area contributed by atoms with Crippen molar-refractivity contribution in [2.75, 3.05) is 5.32 Å². The van der Waals surface area contributed by atoms with E-state index < -0.39 is 0 Å². The van der Waals surface area contributed by atoms with Crippen LogP contribution < -0.4 is 10.6 Å². The lowest BCUT2D eigenvalue weighted by Crippen LogP contribution is -2.34. The molecule has 1 heterocycles. The van der Waals surface area contributed by atoms with Gasteiger partial charge in [-0.15, -0.1) is 10.2 Å². The molecule has 2 N–H and O–H groups in total. The SMILES string of the molecule is CCCC(=O)NC(=S)Nc1cc2nn(-c3ccc(CC)cc3)nc2cc1C. The first-order valence-corrected chi connectivity index (χ1v) is 9.48. The van der Waals surface area contributed by atoms with Crippen LogP contribution in [-0.4, -0.2) is 26.0 Å². The van der Waals surface area contributed by atoms with Gasteiger partial charge in [0.05, 0.1) is 5.69 Å². The van der Waals surface area contributed by atoms with Gasteiger partial charge in [0.15, 0.2) is 5.11 Å². The van der Waals surface area contributed by atoms with Gasteiger partial charge in [-0.2, -0.15) is 4.80 Å². The molecule has 3 aromatic rings. The summed E-state index contributed by atoms with van der Waals surface area (Å²) >= 11 is 5.23. The molecule has 27 heavy (non-hydrogen) atoms. The summed E-state index contributed by atoms with van der Waals surface area (Å²) < 4.78 is 0. The van der Waals surface area contributed by atoms with E-state index in [2.05, 4.69) is 39.9 Å². The van der Waals surface area contributed by atoms with Crippen molar-refractivity contribution < 1.29 is 4.79 Å². The predicted octanol–water partition coefficient (Wildman–Crippen LogP) is 3.90. The Kier molecular flexibility index (Phi) is 5.81. The number of benzene rings is 2. The highest BCUT2D eigenvalue weighted by atomic mass is 32.1. The number of hydrogen-bond donors (Lipinski definition) is 2. The third-order valence-electron chi connectivity index (χ3n) is 4.28. The normalized spacial score (nSPS) is 10.8. The lowest BCUT2D eigenvalue weighted by atomic mass is 10.2. The zero-order valence-corrected chi connectivity index (χ0v) is 16.6. The molecule has 3 rings (SSSR count). The standard InChI is InChI=1S/C20H23N5OS/c1-4-6-19(26)22-20(27)21-16-12-18-17(11-13(16)3)23-25(24-18)15-9-7-14(5-2)8-10-15/h7-12H,4-6H2,1-3H3,(H2,21,22,26,27). The van der Waals surface area contributed by atoms with Crippen LogP contribution in [0.25, 0.3) is 16.7 Å². The molecule has 1 aromatic heterocycles. The highest BCUT2D eigenvalue weighted by molar-refractivity contribution is 7.80. The fourth-order valence-corrected chi connectivity index (χ4v) is 2.98. The number of nitrogens with one attached hydrogen (secondary N) is 2. The van der Waals surface area contributed by atoms with Crippen molar-refractivity contribution in [3.8, 4) is 5.69 Å². The maximum atomic E-state index is 11.7. The molecule has 0 spiro atoms. The quantitative estimate of drug-likeness (QED) is 0.656. The van der Waals surface area contributed by atoms with E-state index in [-0.39, 0.29) is 5.91 Å². The largest absolute Gasteiger partial charge is 0.332 e. The van der Waals surface area contributed by atoms with Crippen LogP contribution in [0.2, 0.25) is 0 Å². The summed E-state index contributed by atoms with van der Waals surface area (Å²) in [6, 6.07) is 12.0. The third-order valence-corrected chi connectivity index (χ3v) is 4.48. The molecular weight excluding hydrogens is 358 g/mol. The first kappa shape index (κ1) is 19.0. The number of fused-ring (bicyclic) bond motifs is 1. The number of carbonyl (C=O) groups excluding carboxylic acids is 1. The minimum atomic E-state index is -0.0878. The molecule has 6 nitrogen and oxygen atoms in total. The molecule has 0 aliphatic heterocycles. The molecule has 0 unspecified atom stereocenters. The molecule has 2 aromatic carbocycles. The summed E-state index contributed by atoms with van der Waals surface area (Å²) in [6.45, 7) is 6.04. The number of nitrogens with zero attached hydrogens (tertiary/aromatic N) is 3. The molecule has 0 aliphatic carbocycles. The summed E-state index contributed by atoms with van der Waals surface area (Å²) in [5, 5.41) is 15.2. The molecule has 0 fully saturated rings. The molecule has 0 saturated carbocycles. The Balaban J connectivity index is 1.83. The fourth-order valence-electron chi connectivity index (χ4n) is 2.75. The van der Waals surface area contributed by atoms with E-state index in [9.17, 15) is 4.79 Å². The van der Waals surface area contributed by atoms with Gasteiger partial charge in [-0.05, 0) is 67.4 Å². The second-order valence-corrected chi connectivity index (χ2v) is 6.83. The Morgan fingerprint density at radius 2 is 1.78 bits per heavy atom. The van der Waals surface area contributed by atoms with Gasteiger partial charge in [-0.3, -0.25) is 4.79 Å². The van der Waals surface area contributed by atoms with Crippen molar-refractivity contribution in [2.45, 2.75) is 40.0 Å². The van der Waals surface area contributed by atoms with E-state index in [0.717, 1.165) is 40.8 Å². The molecule has 140 valence electrons. The predicted molar refractivity (Wildman–Crippen MR) is 112 cm³/mol. The average Bonchev–Trinajstić information content (AvgIpc) is 3.04. The monoisotopic (exact) mass is 381 g/mol. The molecule has 0 bridgehead atoms. The van der Waals surface area contributed by atoms with Crippen LogP contribution in [-0.2, 0) is 11.2 Å². The molecular formula is C20H23N5OS. The lowest BCUT2D eigenvalue weighted by Gasteiger charge is -2.11. The highest BCUT2D eigenvalue weighted by Crippen LogP contribution is 2.22. The maximum Gasteiger partial charge on any atom is 0.226 e. The second kappa shape index (κ2) is 8.26. The third kappa shape index (κ3) is 4.49. The number of hydrogen-bond acceptors (Lipinski definition) is 4. The van der Waals surface area contributed by atoms with Crippen LogP contribution in [0.4, 0.5) is 5.69 Å². The number of amides is 1. The van der Waals surface area contributed by atoms with Gasteiger partial charge in [0.2, 0.25) is 5.91 Å². The topological polar surface area (TPSA) is 71.8 Å². The van der Waals surface area contributed by atoms with Crippen LogP contribution in [0, 0.1) is 6.92 Å². The zero-order valence-electron chi connectivity index (χ0n) is 15.7. The van der Waals surface area contributed by atoms with E-state index in [1.807, 2.05) is 38.1 Å². The van der Waals surface area contributed by atoms with E-state index in [1.54, 1.807) is 4.80 Å². The van der Waals surface area contributed by atoms with Crippen molar-refractivity contribution in [1.29, 1.82) is 0 Å². The van der Waals surface area contributed by atoms with E-state index >= 15 is 0 Å². The Morgan fingerprint density at radius 1 is 1.11 bits per heavy atom. The van der Waals surface area contributed by atoms with Crippen molar-refractivity contribution in [3.05, 3.63) is 47.5 Å². The Labute approximate surface area is 164 Å². The first-order chi connectivity index (χ1) is 13.0. The lowest BCUT2D eigenvalue weighted by molar-refractivity contribution is -0.119. The summed E-state index contributed by atoms with van der Waals surface area (Å²) in [5.41, 5.74) is 5.53. The summed E-state index contributed by atoms with van der Waals surface area (Å²) in [6.07, 6.45) is 2.23. The smallest absolute Gasteiger partial charge is 0.226 e. The van der Waals surface area contributed by atoms with Crippen molar-refractivity contribution >= 4 is 40.0 Å². The van der Waals surface area contributed by atoms with Gasteiger partial charge in [-0.25, -0.2) is 0 Å². The maximum absolute atomic E-state index is 11.7. The number of carbonyl (C=O) groups is 1. The van der Waals surface area contributed by atoms with E-state index in [4.69, 9.17) is 12.2 Å². The number of rotatable bonds is 5. The number of aromatic nitrogens is 3. The van der Waals surface area contributed by atoms with Gasteiger partial charge in [-0.1, -0.05) is 26.0 Å². The average molecular weight is 382 g/mol. The van der Waals surface area contributed by atoms with Crippen LogP contribution >= 0.6 is 12.2 Å². The van der Waals surface area contributed by atoms with Crippen LogP contribution in [0.1, 0.15) is 37.8 Å². The van der Waals surface area contributed by atoms with Gasteiger partial charge in [0, 0.05) is 12.1 Å². The Bertz CT molecular complexity index is 978. The zero-order chi connectivity index (χ0) is 19.4. The number of thiocarbonyl (C=S) groups is 1. The summed E-state index contributed by atoms with van der Waals surface area (Å²) in [7, 11) is 0. The van der Waals surface area contributed by atoms with Crippen molar-refractivity contribution in [3.63, 3.8) is 0 Å². The van der Waals surface area contributed by atoms with E-state index in [1.165, 1.54) is 5.56 Å². The highest BCUT2D eigenvalue weighted by Gasteiger charge is 2.10. The van der Waals surface area contributed by atoms with Gasteiger partial charge >= 0.3 is 0 Å². The minimum absolute atomic E-state index is 0.0878. The van der Waals surface area contributed by atoms with Crippen LogP contribution in [0.15, 0.2) is 36.4 Å². The fraction of sp³-hybridized carbons (Fsp3) is 0.300. The molecule has 0 radical (unpaired) electrons. The van der Waals surface area contributed by atoms with Crippen LogP contribution in [0.5, 0.6) is 0 Å². The van der Waals surface area contributed by atoms with Crippen molar-refractivity contribution in [1.82, 2.24) is 20.3 Å². The van der Waals surface area contributed by atoms with Gasteiger partial charge < -0.3 is 10.6 Å². The summed E-state index contributed by atoms with van der Waals surface area (Å²) in [4.78, 5) is 13.3. The molecule has 1 amide bonds. The number of anilines is 1. The number of aryl methyl sites for hydroxylation is 2. The van der Waals surface area contributed by atoms with Crippen molar-refractivity contribution in [2.24, 2.45) is 0 Å². The Hall–Kier alpha value is -2.80. The first-order valence-electron chi connectivity index (χ1n) is 9.08.